The molecule has 0 bridgehead atoms. The van der Waals surface area contributed by atoms with Gasteiger partial charge in [-0.1, -0.05) is 6.07 Å². The fourth-order valence-corrected chi connectivity index (χ4v) is 2.92. The molecule has 1 aromatic carbocycles. The molecule has 2 unspecified atom stereocenters. The number of hydrogen-bond donors (Lipinski definition) is 0. The first kappa shape index (κ1) is 15.4. The average Bonchev–Trinajstić information content (AvgIpc) is 2.52. The van der Waals surface area contributed by atoms with Gasteiger partial charge in [-0.2, -0.15) is 0 Å². The Morgan fingerprint density at radius 2 is 2.19 bits per heavy atom. The van der Waals surface area contributed by atoms with Gasteiger partial charge in [-0.25, -0.2) is 4.79 Å². The lowest BCUT2D eigenvalue weighted by Crippen LogP contribution is -2.37. The van der Waals surface area contributed by atoms with Crippen LogP contribution in [0, 0.1) is 5.92 Å². The van der Waals surface area contributed by atoms with E-state index in [2.05, 4.69) is 0 Å². The highest BCUT2D eigenvalue weighted by Crippen LogP contribution is 2.42. The SMILES string of the molecule is CCOC(=O)C(=O)C1COc2cccc(OC)c2C1[S+]=O. The zero-order valence-corrected chi connectivity index (χ0v) is 12.5. The molecule has 2 atom stereocenters. The number of ketones is 1. The maximum atomic E-state index is 12.1. The van der Waals surface area contributed by atoms with Crippen LogP contribution in [-0.4, -0.2) is 32.1 Å². The molecule has 7 heteroatoms. The van der Waals surface area contributed by atoms with Gasteiger partial charge < -0.3 is 14.2 Å². The van der Waals surface area contributed by atoms with E-state index in [0.717, 1.165) is 0 Å². The van der Waals surface area contributed by atoms with Crippen molar-refractivity contribution in [1.29, 1.82) is 0 Å². The molecule has 21 heavy (non-hydrogen) atoms. The van der Waals surface area contributed by atoms with Crippen LogP contribution in [0.1, 0.15) is 17.7 Å². The van der Waals surface area contributed by atoms with Crippen LogP contribution in [0.5, 0.6) is 11.5 Å². The van der Waals surface area contributed by atoms with E-state index in [1.807, 2.05) is 0 Å². The van der Waals surface area contributed by atoms with E-state index >= 15 is 0 Å². The van der Waals surface area contributed by atoms with Crippen LogP contribution in [0.25, 0.3) is 0 Å². The summed E-state index contributed by atoms with van der Waals surface area (Å²) >= 11 is 0.251. The molecular formula is C14H15O6S+. The monoisotopic (exact) mass is 311 g/mol. The van der Waals surface area contributed by atoms with Crippen molar-refractivity contribution in [1.82, 2.24) is 0 Å². The highest BCUT2D eigenvalue weighted by molar-refractivity contribution is 7.66. The predicted octanol–water partition coefficient (Wildman–Crippen LogP) is 1.31. The van der Waals surface area contributed by atoms with E-state index in [9.17, 15) is 13.8 Å². The number of hydrogen-bond acceptors (Lipinski definition) is 6. The number of methoxy groups -OCH3 is 1. The summed E-state index contributed by atoms with van der Waals surface area (Å²) in [7, 11) is 1.47. The third-order valence-corrected chi connectivity index (χ3v) is 4.00. The van der Waals surface area contributed by atoms with Gasteiger partial charge in [-0.15, -0.1) is 0 Å². The second kappa shape index (κ2) is 6.62. The van der Waals surface area contributed by atoms with Crippen molar-refractivity contribution in [2.45, 2.75) is 12.2 Å². The summed E-state index contributed by atoms with van der Waals surface area (Å²) in [6.07, 6.45) is 0. The Morgan fingerprint density at radius 3 is 2.81 bits per heavy atom. The molecular weight excluding hydrogens is 296 g/mol. The molecule has 0 saturated carbocycles. The molecule has 1 aliphatic rings. The van der Waals surface area contributed by atoms with Gasteiger partial charge in [0.15, 0.2) is 0 Å². The van der Waals surface area contributed by atoms with E-state index < -0.39 is 22.9 Å². The molecule has 0 aromatic heterocycles. The van der Waals surface area contributed by atoms with Gasteiger partial charge in [-0.3, -0.25) is 4.79 Å². The number of esters is 1. The van der Waals surface area contributed by atoms with Crippen LogP contribution >= 0.6 is 0 Å². The van der Waals surface area contributed by atoms with Crippen LogP contribution in [0.4, 0.5) is 0 Å². The largest absolute Gasteiger partial charge is 0.496 e. The fourth-order valence-electron chi connectivity index (χ4n) is 2.26. The number of Topliss-reactive ketones (excluding diaryl/α,β-unsaturated/α-hetero) is 1. The van der Waals surface area contributed by atoms with Crippen molar-refractivity contribution in [3.8, 4) is 11.5 Å². The van der Waals surface area contributed by atoms with Crippen molar-refractivity contribution >= 4 is 23.4 Å². The number of carbonyl (C=O) groups is 2. The minimum absolute atomic E-state index is 0.0300. The van der Waals surface area contributed by atoms with Crippen LogP contribution < -0.4 is 9.47 Å². The van der Waals surface area contributed by atoms with Gasteiger partial charge >= 0.3 is 17.6 Å². The lowest BCUT2D eigenvalue weighted by atomic mass is 9.91. The van der Waals surface area contributed by atoms with Gasteiger partial charge in [0.2, 0.25) is 0 Å². The van der Waals surface area contributed by atoms with E-state index in [0.29, 0.717) is 17.1 Å². The molecule has 0 fully saturated rings. The summed E-state index contributed by atoms with van der Waals surface area (Å²) in [5, 5.41) is -0.748. The Balaban J connectivity index is 2.38. The first-order chi connectivity index (χ1) is 10.1. The quantitative estimate of drug-likeness (QED) is 0.463. The molecule has 0 N–H and O–H groups in total. The summed E-state index contributed by atoms with van der Waals surface area (Å²) in [4.78, 5) is 23.7. The van der Waals surface area contributed by atoms with E-state index in [1.54, 1.807) is 25.1 Å². The molecule has 2 rings (SSSR count). The molecule has 1 aromatic rings. The smallest absolute Gasteiger partial charge is 0.468 e. The van der Waals surface area contributed by atoms with Crippen molar-refractivity contribution < 1.29 is 28.0 Å². The number of rotatable bonds is 5. The van der Waals surface area contributed by atoms with Crippen LogP contribution in [0.3, 0.4) is 0 Å². The maximum absolute atomic E-state index is 12.1. The molecule has 0 radical (unpaired) electrons. The van der Waals surface area contributed by atoms with E-state index in [1.165, 1.54) is 7.11 Å². The molecule has 0 spiro atoms. The van der Waals surface area contributed by atoms with Crippen molar-refractivity contribution in [3.05, 3.63) is 23.8 Å². The standard InChI is InChI=1S/C14H15O6S/c1-3-19-14(16)12(15)8-7-20-10-6-4-5-9(18-2)11(10)13(8)21-17/h4-6,8,13H,3,7H2,1-2H3/q+1. The molecule has 1 heterocycles. The third-order valence-electron chi connectivity index (χ3n) is 3.23. The summed E-state index contributed by atoms with van der Waals surface area (Å²) in [6, 6.07) is 5.12. The molecule has 0 saturated heterocycles. The Labute approximate surface area is 125 Å². The number of carbonyl (C=O) groups excluding carboxylic acids is 2. The maximum Gasteiger partial charge on any atom is 0.468 e. The second-order valence-electron chi connectivity index (χ2n) is 4.39. The second-order valence-corrected chi connectivity index (χ2v) is 5.09. The number of fused-ring (bicyclic) bond motifs is 1. The topological polar surface area (TPSA) is 78.9 Å². The summed E-state index contributed by atoms with van der Waals surface area (Å²) in [5.74, 6) is -1.61. The summed E-state index contributed by atoms with van der Waals surface area (Å²) in [5.41, 5.74) is 0.508. The van der Waals surface area contributed by atoms with Crippen molar-refractivity contribution in [3.63, 3.8) is 0 Å². The first-order valence-electron chi connectivity index (χ1n) is 6.43. The van der Waals surface area contributed by atoms with Crippen LogP contribution in [-0.2, 0) is 30.2 Å². The van der Waals surface area contributed by atoms with E-state index in [-0.39, 0.29) is 24.9 Å². The van der Waals surface area contributed by atoms with Crippen LogP contribution in [0.2, 0.25) is 0 Å². The number of benzene rings is 1. The Bertz CT molecular complexity index is 556. The molecule has 6 nitrogen and oxygen atoms in total. The van der Waals surface area contributed by atoms with Gasteiger partial charge in [-0.05, 0) is 19.1 Å². The lowest BCUT2D eigenvalue weighted by molar-refractivity contribution is -0.156. The Morgan fingerprint density at radius 1 is 1.43 bits per heavy atom. The van der Waals surface area contributed by atoms with Crippen molar-refractivity contribution in [2.75, 3.05) is 20.3 Å². The molecule has 0 amide bonds. The predicted molar refractivity (Wildman–Crippen MR) is 74.4 cm³/mol. The minimum atomic E-state index is -0.941. The van der Waals surface area contributed by atoms with Gasteiger partial charge in [0.25, 0.3) is 11.0 Å². The van der Waals surface area contributed by atoms with Gasteiger partial charge in [0.05, 0.1) is 13.7 Å². The van der Waals surface area contributed by atoms with Gasteiger partial charge in [0, 0.05) is 4.21 Å². The number of ether oxygens (including phenoxy) is 3. The summed E-state index contributed by atoms with van der Waals surface area (Å²) < 4.78 is 26.9. The highest BCUT2D eigenvalue weighted by Gasteiger charge is 2.49. The Kier molecular flexibility index (Phi) is 4.85. The average molecular weight is 311 g/mol. The van der Waals surface area contributed by atoms with E-state index in [4.69, 9.17) is 14.2 Å². The zero-order valence-electron chi connectivity index (χ0n) is 11.7. The normalized spacial score (nSPS) is 19.9. The first-order valence-corrected chi connectivity index (χ1v) is 7.23. The minimum Gasteiger partial charge on any atom is -0.496 e. The molecule has 1 aliphatic heterocycles. The molecule has 112 valence electrons. The zero-order chi connectivity index (χ0) is 15.4. The third kappa shape index (κ3) is 2.87. The highest BCUT2D eigenvalue weighted by atomic mass is 32.1. The van der Waals surface area contributed by atoms with Crippen molar-refractivity contribution in [2.24, 2.45) is 5.92 Å². The van der Waals surface area contributed by atoms with Crippen LogP contribution in [0.15, 0.2) is 18.2 Å². The molecule has 0 aliphatic carbocycles. The summed E-state index contributed by atoms with van der Waals surface area (Å²) in [6.45, 7) is 1.69. The Hall–Kier alpha value is -2.02. The van der Waals surface area contributed by atoms with Gasteiger partial charge in [0.1, 0.15) is 29.6 Å². The fraction of sp³-hybridized carbons (Fsp3) is 0.429. The lowest BCUT2D eigenvalue weighted by Gasteiger charge is -2.24.